The number of rotatable bonds is 30. The van der Waals surface area contributed by atoms with Gasteiger partial charge in [0, 0.05) is 6.61 Å². The lowest BCUT2D eigenvalue weighted by atomic mass is 10.1. The van der Waals surface area contributed by atoms with Gasteiger partial charge in [0.1, 0.15) is 0 Å². The Morgan fingerprint density at radius 1 is 0.462 bits per heavy atom. The Morgan fingerprint density at radius 3 is 1.26 bits per heavy atom. The Labute approximate surface area is 235 Å². The maximum atomic E-state index is 11.9. The largest absolute Gasteiger partial charge is 0.379 e. The summed E-state index contributed by atoms with van der Waals surface area (Å²) in [5.74, 6) is 0. The molecule has 0 heterocycles. The molecule has 39 heavy (non-hydrogen) atoms. The minimum atomic E-state index is -3.74. The Bertz CT molecular complexity index is 733. The molecule has 0 amide bonds. The van der Waals surface area contributed by atoms with Crippen molar-refractivity contribution in [1.82, 2.24) is 0 Å². The first-order valence-corrected chi connectivity index (χ1v) is 15.6. The van der Waals surface area contributed by atoms with Crippen molar-refractivity contribution in [3.63, 3.8) is 0 Å². The van der Waals surface area contributed by atoms with E-state index in [1.54, 1.807) is 18.2 Å². The molecule has 0 N–H and O–H groups in total. The summed E-state index contributed by atoms with van der Waals surface area (Å²) < 4.78 is 66.9. The van der Waals surface area contributed by atoms with Crippen LogP contribution in [0.1, 0.15) is 45.4 Å². The summed E-state index contributed by atoms with van der Waals surface area (Å²) in [6.07, 6.45) is 7.64. The van der Waals surface area contributed by atoms with Gasteiger partial charge in [-0.2, -0.15) is 8.42 Å². The second kappa shape index (κ2) is 27.0. The van der Waals surface area contributed by atoms with E-state index in [4.69, 9.17) is 37.3 Å². The van der Waals surface area contributed by atoms with Gasteiger partial charge in [0.05, 0.1) is 97.4 Å². The van der Waals surface area contributed by atoms with Gasteiger partial charge in [-0.15, -0.1) is 0 Å². The summed E-state index contributed by atoms with van der Waals surface area (Å²) in [5, 5.41) is 0. The quantitative estimate of drug-likeness (QED) is 0.0986. The van der Waals surface area contributed by atoms with Gasteiger partial charge in [0.25, 0.3) is 10.1 Å². The van der Waals surface area contributed by atoms with E-state index >= 15 is 0 Å². The maximum Gasteiger partial charge on any atom is 0.297 e. The third kappa shape index (κ3) is 23.3. The molecule has 10 nitrogen and oxygen atoms in total. The molecule has 228 valence electrons. The summed E-state index contributed by atoms with van der Waals surface area (Å²) in [6, 6.07) is 8.00. The molecular formula is C28H50O10S. The van der Waals surface area contributed by atoms with Crippen molar-refractivity contribution >= 4 is 10.1 Å². The van der Waals surface area contributed by atoms with Crippen LogP contribution < -0.4 is 0 Å². The Morgan fingerprint density at radius 2 is 0.821 bits per heavy atom. The molecule has 0 unspecified atom stereocenters. The first-order valence-electron chi connectivity index (χ1n) is 14.2. The van der Waals surface area contributed by atoms with Crippen molar-refractivity contribution in [3.8, 4) is 0 Å². The molecule has 0 saturated carbocycles. The normalized spacial score (nSPS) is 11.8. The van der Waals surface area contributed by atoms with Crippen LogP contribution >= 0.6 is 0 Å². The van der Waals surface area contributed by atoms with E-state index in [-0.39, 0.29) is 18.1 Å². The highest BCUT2D eigenvalue weighted by molar-refractivity contribution is 7.86. The highest BCUT2D eigenvalue weighted by Crippen LogP contribution is 2.10. The van der Waals surface area contributed by atoms with Crippen molar-refractivity contribution in [3.05, 3.63) is 30.3 Å². The monoisotopic (exact) mass is 578 g/mol. The van der Waals surface area contributed by atoms with E-state index in [2.05, 4.69) is 6.92 Å². The fourth-order valence-electron chi connectivity index (χ4n) is 3.26. The average molecular weight is 579 g/mol. The molecular weight excluding hydrogens is 528 g/mol. The minimum absolute atomic E-state index is 0.0476. The molecule has 0 bridgehead atoms. The van der Waals surface area contributed by atoms with E-state index in [0.717, 1.165) is 13.0 Å². The molecule has 1 aromatic rings. The molecule has 1 rings (SSSR count). The molecule has 0 atom stereocenters. The summed E-state index contributed by atoms with van der Waals surface area (Å²) >= 11 is 0. The number of hydrogen-bond acceptors (Lipinski definition) is 10. The maximum absolute atomic E-state index is 11.9. The highest BCUT2D eigenvalue weighted by atomic mass is 32.2. The zero-order chi connectivity index (χ0) is 28.1. The number of hydrogen-bond donors (Lipinski definition) is 0. The van der Waals surface area contributed by atoms with Gasteiger partial charge in [0.15, 0.2) is 0 Å². The van der Waals surface area contributed by atoms with Gasteiger partial charge >= 0.3 is 0 Å². The van der Waals surface area contributed by atoms with Crippen molar-refractivity contribution in [2.75, 3.05) is 99.1 Å². The number of unbranched alkanes of at least 4 members (excludes halogenated alkanes) is 5. The fraction of sp³-hybridized carbons (Fsp3) is 0.786. The summed E-state index contributed by atoms with van der Waals surface area (Å²) in [6.45, 7) is 9.12. The molecule has 0 spiro atoms. The smallest absolute Gasteiger partial charge is 0.297 e. The van der Waals surface area contributed by atoms with Gasteiger partial charge in [-0.25, -0.2) is 0 Å². The van der Waals surface area contributed by atoms with Crippen LogP contribution in [0, 0.1) is 0 Å². The average Bonchev–Trinajstić information content (AvgIpc) is 2.95. The van der Waals surface area contributed by atoms with Crippen LogP contribution in [0.15, 0.2) is 35.2 Å². The van der Waals surface area contributed by atoms with Crippen molar-refractivity contribution < 1.29 is 45.8 Å². The molecule has 0 aliphatic heterocycles. The third-order valence-electron chi connectivity index (χ3n) is 5.37. The lowest BCUT2D eigenvalue weighted by molar-refractivity contribution is -0.0212. The van der Waals surface area contributed by atoms with Crippen molar-refractivity contribution in [2.45, 2.75) is 50.3 Å². The molecule has 0 aromatic heterocycles. The first kappa shape index (κ1) is 35.9. The molecule has 0 radical (unpaired) electrons. The summed E-state index contributed by atoms with van der Waals surface area (Å²) in [7, 11) is -3.74. The highest BCUT2D eigenvalue weighted by Gasteiger charge is 2.13. The Kier molecular flexibility index (Phi) is 24.9. The van der Waals surface area contributed by atoms with Gasteiger partial charge in [-0.1, -0.05) is 57.2 Å². The molecule has 0 fully saturated rings. The van der Waals surface area contributed by atoms with Crippen LogP contribution in [0.4, 0.5) is 0 Å². The minimum Gasteiger partial charge on any atom is -0.379 e. The summed E-state index contributed by atoms with van der Waals surface area (Å²) in [4.78, 5) is 0.128. The first-order chi connectivity index (χ1) is 19.2. The van der Waals surface area contributed by atoms with Crippen LogP contribution in [0.2, 0.25) is 0 Å². The Balaban J connectivity index is 1.69. The van der Waals surface area contributed by atoms with Gasteiger partial charge in [-0.3, -0.25) is 4.18 Å². The Hall–Kier alpha value is -1.15. The van der Waals surface area contributed by atoms with Gasteiger partial charge in [0.2, 0.25) is 0 Å². The van der Waals surface area contributed by atoms with Crippen molar-refractivity contribution in [2.24, 2.45) is 0 Å². The van der Waals surface area contributed by atoms with Gasteiger partial charge < -0.3 is 33.2 Å². The van der Waals surface area contributed by atoms with Crippen LogP contribution in [0.5, 0.6) is 0 Å². The molecule has 1 aromatic carbocycles. The van der Waals surface area contributed by atoms with E-state index < -0.39 is 10.1 Å². The second-order valence-electron chi connectivity index (χ2n) is 8.64. The molecule has 0 aliphatic rings. The predicted octanol–water partition coefficient (Wildman–Crippen LogP) is 3.87. The number of benzene rings is 1. The summed E-state index contributed by atoms with van der Waals surface area (Å²) in [5.41, 5.74) is 0. The topological polar surface area (TPSA) is 108 Å². The van der Waals surface area contributed by atoms with Crippen LogP contribution in [-0.2, 0) is 47.5 Å². The number of ether oxygens (including phenoxy) is 7. The lowest BCUT2D eigenvalue weighted by Crippen LogP contribution is -2.15. The molecule has 0 aliphatic carbocycles. The second-order valence-corrected chi connectivity index (χ2v) is 10.3. The standard InChI is InChI=1S/C28H50O10S/c1-2-3-4-5-6-10-13-31-14-15-32-16-17-33-18-19-34-20-21-35-22-23-36-24-25-37-26-27-38-39(29,30)28-11-8-7-9-12-28/h7-9,11-12H,2-6,10,13-27H2,1H3. The molecule has 11 heteroatoms. The van der Waals surface area contributed by atoms with Crippen LogP contribution in [0.3, 0.4) is 0 Å². The van der Waals surface area contributed by atoms with E-state index in [1.165, 1.54) is 44.2 Å². The SMILES string of the molecule is CCCCCCCCOCCOCCOCCOCCOCCOCCOCCOS(=O)(=O)c1ccccc1. The molecule has 0 saturated heterocycles. The predicted molar refractivity (Wildman–Crippen MR) is 149 cm³/mol. The van der Waals surface area contributed by atoms with Gasteiger partial charge in [-0.05, 0) is 18.6 Å². The zero-order valence-corrected chi connectivity index (χ0v) is 24.5. The van der Waals surface area contributed by atoms with E-state index in [9.17, 15) is 8.42 Å². The van der Waals surface area contributed by atoms with Crippen molar-refractivity contribution in [1.29, 1.82) is 0 Å². The zero-order valence-electron chi connectivity index (χ0n) is 23.7. The van der Waals surface area contributed by atoms with E-state index in [1.807, 2.05) is 0 Å². The van der Waals surface area contributed by atoms with Crippen LogP contribution in [-0.4, -0.2) is 108 Å². The lowest BCUT2D eigenvalue weighted by Gasteiger charge is -2.09. The van der Waals surface area contributed by atoms with E-state index in [0.29, 0.717) is 79.3 Å². The fourth-order valence-corrected chi connectivity index (χ4v) is 4.18. The van der Waals surface area contributed by atoms with Crippen LogP contribution in [0.25, 0.3) is 0 Å². The third-order valence-corrected chi connectivity index (χ3v) is 6.70.